The van der Waals surface area contributed by atoms with Gasteiger partial charge in [0.15, 0.2) is 0 Å². The molecule has 3 heteroatoms. The van der Waals surface area contributed by atoms with Crippen molar-refractivity contribution in [1.29, 1.82) is 0 Å². The first-order valence-corrected chi connectivity index (χ1v) is 7.73. The molecular formula is C17H23NO2. The van der Waals surface area contributed by atoms with Gasteiger partial charge in [-0.05, 0) is 48.6 Å². The van der Waals surface area contributed by atoms with Crippen molar-refractivity contribution in [2.24, 2.45) is 17.8 Å². The van der Waals surface area contributed by atoms with Gasteiger partial charge in [-0.3, -0.25) is 4.79 Å². The van der Waals surface area contributed by atoms with E-state index in [1.165, 1.54) is 17.5 Å². The summed E-state index contributed by atoms with van der Waals surface area (Å²) < 4.78 is 0. The lowest BCUT2D eigenvalue weighted by molar-refractivity contribution is -0.144. The molecule has 0 heterocycles. The molecular weight excluding hydrogens is 250 g/mol. The van der Waals surface area contributed by atoms with E-state index in [-0.39, 0.29) is 12.0 Å². The van der Waals surface area contributed by atoms with Gasteiger partial charge in [-0.2, -0.15) is 0 Å². The second kappa shape index (κ2) is 5.57. The third kappa shape index (κ3) is 2.47. The summed E-state index contributed by atoms with van der Waals surface area (Å²) in [6, 6.07) is 8.78. The first kappa shape index (κ1) is 13.6. The molecule has 0 amide bonds. The lowest BCUT2D eigenvalue weighted by Gasteiger charge is -2.29. The number of hydrogen-bond donors (Lipinski definition) is 2. The maximum atomic E-state index is 11.5. The van der Waals surface area contributed by atoms with Gasteiger partial charge in [0.2, 0.25) is 0 Å². The molecule has 0 aromatic heterocycles. The number of carbonyl (C=O) groups is 1. The molecule has 4 atom stereocenters. The number of aliphatic carboxylic acids is 1. The van der Waals surface area contributed by atoms with Crippen LogP contribution < -0.4 is 5.32 Å². The zero-order valence-corrected chi connectivity index (χ0v) is 12.0. The molecule has 2 N–H and O–H groups in total. The summed E-state index contributed by atoms with van der Waals surface area (Å²) in [6.07, 6.45) is 4.45. The van der Waals surface area contributed by atoms with Crippen LogP contribution in [-0.4, -0.2) is 17.1 Å². The molecule has 0 radical (unpaired) electrons. The quantitative estimate of drug-likeness (QED) is 0.867. The van der Waals surface area contributed by atoms with Crippen LogP contribution in [0.3, 0.4) is 0 Å². The van der Waals surface area contributed by atoms with Gasteiger partial charge < -0.3 is 10.4 Å². The number of nitrogens with one attached hydrogen (secondary N) is 1. The van der Waals surface area contributed by atoms with Gasteiger partial charge in [-0.1, -0.05) is 31.2 Å². The third-order valence-corrected chi connectivity index (χ3v) is 5.17. The van der Waals surface area contributed by atoms with Crippen molar-refractivity contribution in [3.8, 4) is 0 Å². The standard InChI is InChI=1S/C17H23NO2/c1-2-11-3-5-12(6-4-11)10-18-16-14-8-7-13(9-14)15(16)17(19)20/h3-6,13-16,18H,2,7-10H2,1H3,(H,19,20). The van der Waals surface area contributed by atoms with Crippen LogP contribution in [0, 0.1) is 17.8 Å². The number of benzene rings is 1. The zero-order chi connectivity index (χ0) is 14.1. The van der Waals surface area contributed by atoms with Crippen molar-refractivity contribution in [3.05, 3.63) is 35.4 Å². The van der Waals surface area contributed by atoms with Crippen molar-refractivity contribution in [2.75, 3.05) is 0 Å². The summed E-state index contributed by atoms with van der Waals surface area (Å²) >= 11 is 0. The highest BCUT2D eigenvalue weighted by Gasteiger charge is 2.50. The molecule has 0 aliphatic heterocycles. The van der Waals surface area contributed by atoms with Crippen LogP contribution in [0.4, 0.5) is 0 Å². The van der Waals surface area contributed by atoms with E-state index in [1.807, 2.05) is 0 Å². The Morgan fingerprint density at radius 2 is 1.85 bits per heavy atom. The fourth-order valence-corrected chi connectivity index (χ4v) is 4.07. The highest BCUT2D eigenvalue weighted by Crippen LogP contribution is 2.48. The Hall–Kier alpha value is -1.35. The van der Waals surface area contributed by atoms with Gasteiger partial charge in [0.05, 0.1) is 5.92 Å². The summed E-state index contributed by atoms with van der Waals surface area (Å²) in [4.78, 5) is 11.5. The number of hydrogen-bond acceptors (Lipinski definition) is 2. The molecule has 20 heavy (non-hydrogen) atoms. The van der Waals surface area contributed by atoms with Crippen LogP contribution in [-0.2, 0) is 17.8 Å². The highest BCUT2D eigenvalue weighted by molar-refractivity contribution is 5.72. The maximum absolute atomic E-state index is 11.5. The van der Waals surface area contributed by atoms with E-state index >= 15 is 0 Å². The second-order valence-corrected chi connectivity index (χ2v) is 6.27. The first-order chi connectivity index (χ1) is 9.69. The average Bonchev–Trinajstić information content (AvgIpc) is 3.06. The third-order valence-electron chi connectivity index (χ3n) is 5.17. The largest absolute Gasteiger partial charge is 0.481 e. The van der Waals surface area contributed by atoms with Gasteiger partial charge in [-0.25, -0.2) is 0 Å². The predicted molar refractivity (Wildman–Crippen MR) is 78.4 cm³/mol. The molecule has 2 fully saturated rings. The Balaban J connectivity index is 1.63. The molecule has 3 nitrogen and oxygen atoms in total. The van der Waals surface area contributed by atoms with E-state index in [0.717, 1.165) is 25.8 Å². The molecule has 2 aliphatic rings. The summed E-state index contributed by atoms with van der Waals surface area (Å²) in [5, 5.41) is 12.9. The van der Waals surface area contributed by atoms with Crippen molar-refractivity contribution in [2.45, 2.75) is 45.2 Å². The van der Waals surface area contributed by atoms with Gasteiger partial charge in [0, 0.05) is 12.6 Å². The second-order valence-electron chi connectivity index (χ2n) is 6.27. The predicted octanol–water partition coefficient (Wildman–Crippen LogP) is 2.84. The molecule has 1 aromatic carbocycles. The van der Waals surface area contributed by atoms with Gasteiger partial charge in [0.25, 0.3) is 0 Å². The van der Waals surface area contributed by atoms with Gasteiger partial charge in [-0.15, -0.1) is 0 Å². The van der Waals surface area contributed by atoms with E-state index in [1.54, 1.807) is 0 Å². The number of fused-ring (bicyclic) bond motifs is 2. The van der Waals surface area contributed by atoms with Crippen LogP contribution in [0.25, 0.3) is 0 Å². The molecule has 2 saturated carbocycles. The Morgan fingerprint density at radius 3 is 2.50 bits per heavy atom. The summed E-state index contributed by atoms with van der Waals surface area (Å²) in [6.45, 7) is 2.93. The number of rotatable bonds is 5. The minimum Gasteiger partial charge on any atom is -0.481 e. The lowest BCUT2D eigenvalue weighted by Crippen LogP contribution is -2.43. The monoisotopic (exact) mass is 273 g/mol. The molecule has 1 aromatic rings. The summed E-state index contributed by atoms with van der Waals surface area (Å²) in [5.74, 6) is 0.174. The molecule has 108 valence electrons. The van der Waals surface area contributed by atoms with Crippen molar-refractivity contribution in [3.63, 3.8) is 0 Å². The van der Waals surface area contributed by atoms with Gasteiger partial charge >= 0.3 is 5.97 Å². The average molecular weight is 273 g/mol. The SMILES string of the molecule is CCc1ccc(CNC2C3CCC(C3)C2C(=O)O)cc1. The van der Waals surface area contributed by atoms with Crippen LogP contribution >= 0.6 is 0 Å². The topological polar surface area (TPSA) is 49.3 Å². The van der Waals surface area contributed by atoms with E-state index in [0.29, 0.717) is 11.8 Å². The Kier molecular flexibility index (Phi) is 3.79. The van der Waals surface area contributed by atoms with Crippen LogP contribution in [0.15, 0.2) is 24.3 Å². The van der Waals surface area contributed by atoms with Crippen molar-refractivity contribution < 1.29 is 9.90 Å². The first-order valence-electron chi connectivity index (χ1n) is 7.73. The molecule has 2 bridgehead atoms. The minimum absolute atomic E-state index is 0.164. The zero-order valence-electron chi connectivity index (χ0n) is 12.0. The minimum atomic E-state index is -0.615. The highest BCUT2D eigenvalue weighted by atomic mass is 16.4. The number of carboxylic acid groups (broad SMARTS) is 1. The number of aryl methyl sites for hydroxylation is 1. The van der Waals surface area contributed by atoms with E-state index in [4.69, 9.17) is 0 Å². The fraction of sp³-hybridized carbons (Fsp3) is 0.588. The summed E-state index contributed by atoms with van der Waals surface area (Å²) in [7, 11) is 0. The van der Waals surface area contributed by atoms with Crippen LogP contribution in [0.1, 0.15) is 37.3 Å². The molecule has 4 unspecified atom stereocenters. The molecule has 0 spiro atoms. The van der Waals surface area contributed by atoms with Crippen LogP contribution in [0.5, 0.6) is 0 Å². The molecule has 0 saturated heterocycles. The molecule has 3 rings (SSSR count). The summed E-state index contributed by atoms with van der Waals surface area (Å²) in [5.41, 5.74) is 2.59. The molecule has 2 aliphatic carbocycles. The van der Waals surface area contributed by atoms with Gasteiger partial charge in [0.1, 0.15) is 0 Å². The van der Waals surface area contributed by atoms with E-state index < -0.39 is 5.97 Å². The van der Waals surface area contributed by atoms with E-state index in [2.05, 4.69) is 36.5 Å². The van der Waals surface area contributed by atoms with E-state index in [9.17, 15) is 9.90 Å². The maximum Gasteiger partial charge on any atom is 0.308 e. The normalized spacial score (nSPS) is 31.6. The smallest absolute Gasteiger partial charge is 0.308 e. The fourth-order valence-electron chi connectivity index (χ4n) is 4.07. The van der Waals surface area contributed by atoms with Crippen LogP contribution in [0.2, 0.25) is 0 Å². The van der Waals surface area contributed by atoms with Crippen molar-refractivity contribution >= 4 is 5.97 Å². The van der Waals surface area contributed by atoms with Crippen molar-refractivity contribution in [1.82, 2.24) is 5.32 Å². The Morgan fingerprint density at radius 1 is 1.20 bits per heavy atom. The Labute approximate surface area is 120 Å². The number of carboxylic acids is 1. The Bertz CT molecular complexity index is 482. The lowest BCUT2D eigenvalue weighted by atomic mass is 9.84.